The highest BCUT2D eigenvalue weighted by Gasteiger charge is 2.12. The smallest absolute Gasteiger partial charge is 0.150 e. The predicted molar refractivity (Wildman–Crippen MR) is 68.2 cm³/mol. The maximum Gasteiger partial charge on any atom is 0.150 e. The molecule has 0 aliphatic carbocycles. The first kappa shape index (κ1) is 13.0. The Hall–Kier alpha value is -1.46. The number of hydrogen-bond donors (Lipinski definition) is 1. The van der Waals surface area contributed by atoms with E-state index in [1.54, 1.807) is 18.3 Å². The van der Waals surface area contributed by atoms with Crippen molar-refractivity contribution in [2.75, 3.05) is 0 Å². The molecule has 96 valence electrons. The van der Waals surface area contributed by atoms with Crippen LogP contribution in [0.1, 0.15) is 31.5 Å². The highest BCUT2D eigenvalue weighted by molar-refractivity contribution is 6.30. The zero-order chi connectivity index (χ0) is 13.1. The molecule has 0 amide bonds. The molecule has 6 heteroatoms. The van der Waals surface area contributed by atoms with Crippen LogP contribution >= 0.6 is 11.6 Å². The Morgan fingerprint density at radius 1 is 1.50 bits per heavy atom. The summed E-state index contributed by atoms with van der Waals surface area (Å²) in [5.41, 5.74) is 6.89. The van der Waals surface area contributed by atoms with Crippen molar-refractivity contribution in [1.29, 1.82) is 0 Å². The minimum Gasteiger partial charge on any atom is -0.323 e. The number of aromatic nitrogens is 3. The molecule has 2 aromatic rings. The van der Waals surface area contributed by atoms with Crippen molar-refractivity contribution in [3.05, 3.63) is 40.9 Å². The quantitative estimate of drug-likeness (QED) is 0.928. The fourth-order valence-corrected chi connectivity index (χ4v) is 1.85. The zero-order valence-corrected chi connectivity index (χ0v) is 10.7. The first-order valence-electron chi connectivity index (χ1n) is 5.75. The molecular formula is C12H14ClFN4. The van der Waals surface area contributed by atoms with Crippen LogP contribution in [0.15, 0.2) is 24.4 Å². The van der Waals surface area contributed by atoms with Gasteiger partial charge in [-0.2, -0.15) is 0 Å². The molecular weight excluding hydrogens is 255 g/mol. The Morgan fingerprint density at radius 2 is 2.28 bits per heavy atom. The molecule has 1 aromatic heterocycles. The second-order valence-electron chi connectivity index (χ2n) is 4.08. The van der Waals surface area contributed by atoms with Gasteiger partial charge in [-0.05, 0) is 24.6 Å². The van der Waals surface area contributed by atoms with E-state index in [0.717, 1.165) is 12.8 Å². The van der Waals surface area contributed by atoms with Crippen molar-refractivity contribution in [1.82, 2.24) is 15.0 Å². The van der Waals surface area contributed by atoms with Crippen LogP contribution in [-0.4, -0.2) is 15.0 Å². The molecule has 18 heavy (non-hydrogen) atoms. The van der Waals surface area contributed by atoms with Gasteiger partial charge in [-0.1, -0.05) is 30.2 Å². The maximum absolute atomic E-state index is 13.7. The lowest BCUT2D eigenvalue weighted by molar-refractivity contribution is 0.606. The van der Waals surface area contributed by atoms with Gasteiger partial charge in [0.1, 0.15) is 11.5 Å². The lowest BCUT2D eigenvalue weighted by Crippen LogP contribution is -2.10. The molecule has 0 spiro atoms. The fourth-order valence-electron chi connectivity index (χ4n) is 1.69. The molecule has 4 nitrogen and oxygen atoms in total. The van der Waals surface area contributed by atoms with Gasteiger partial charge < -0.3 is 5.73 Å². The Labute approximate surface area is 110 Å². The minimum absolute atomic E-state index is 0.167. The number of hydrogen-bond acceptors (Lipinski definition) is 3. The highest BCUT2D eigenvalue weighted by Crippen LogP contribution is 2.19. The average Bonchev–Trinajstić information content (AvgIpc) is 2.78. The van der Waals surface area contributed by atoms with E-state index in [1.807, 2.05) is 6.92 Å². The van der Waals surface area contributed by atoms with Crippen LogP contribution in [0.25, 0.3) is 5.69 Å². The van der Waals surface area contributed by atoms with Gasteiger partial charge in [-0.25, -0.2) is 9.07 Å². The third kappa shape index (κ3) is 2.68. The second kappa shape index (κ2) is 5.46. The largest absolute Gasteiger partial charge is 0.323 e. The summed E-state index contributed by atoms with van der Waals surface area (Å²) in [6.45, 7) is 2.04. The highest BCUT2D eigenvalue weighted by atomic mass is 35.5. The van der Waals surface area contributed by atoms with Gasteiger partial charge in [0.15, 0.2) is 0 Å². The molecule has 0 saturated heterocycles. The summed E-state index contributed by atoms with van der Waals surface area (Å²) in [4.78, 5) is 0. The lowest BCUT2D eigenvalue weighted by Gasteiger charge is -2.05. The third-order valence-corrected chi connectivity index (χ3v) is 2.88. The number of halogens is 2. The molecule has 1 atom stereocenters. The maximum atomic E-state index is 13.7. The van der Waals surface area contributed by atoms with Gasteiger partial charge in [-0.3, -0.25) is 0 Å². The van der Waals surface area contributed by atoms with Crippen LogP contribution in [0.5, 0.6) is 0 Å². The number of rotatable bonds is 4. The average molecular weight is 269 g/mol. The molecule has 0 radical (unpaired) electrons. The van der Waals surface area contributed by atoms with E-state index >= 15 is 0 Å². The molecule has 1 heterocycles. The Kier molecular flexibility index (Phi) is 3.93. The molecule has 1 aromatic carbocycles. The predicted octanol–water partition coefficient (Wildman–Crippen LogP) is 2.86. The lowest BCUT2D eigenvalue weighted by atomic mass is 10.1. The number of nitrogens with zero attached hydrogens (tertiary/aromatic N) is 3. The first-order chi connectivity index (χ1) is 8.61. The number of benzene rings is 1. The van der Waals surface area contributed by atoms with E-state index in [1.165, 1.54) is 10.7 Å². The molecule has 1 unspecified atom stereocenters. The molecule has 0 aliphatic rings. The van der Waals surface area contributed by atoms with Gasteiger partial charge >= 0.3 is 0 Å². The normalized spacial score (nSPS) is 12.7. The van der Waals surface area contributed by atoms with Crippen LogP contribution in [0, 0.1) is 5.82 Å². The van der Waals surface area contributed by atoms with Crippen LogP contribution in [0.3, 0.4) is 0 Å². The first-order valence-corrected chi connectivity index (χ1v) is 6.13. The van der Waals surface area contributed by atoms with Crippen molar-refractivity contribution in [2.45, 2.75) is 25.8 Å². The van der Waals surface area contributed by atoms with E-state index in [-0.39, 0.29) is 6.04 Å². The Morgan fingerprint density at radius 3 is 2.94 bits per heavy atom. The summed E-state index contributed by atoms with van der Waals surface area (Å²) in [6.07, 6.45) is 3.43. The molecule has 2 N–H and O–H groups in total. The zero-order valence-electron chi connectivity index (χ0n) is 9.98. The summed E-state index contributed by atoms with van der Waals surface area (Å²) < 4.78 is 15.1. The van der Waals surface area contributed by atoms with Gasteiger partial charge in [0.05, 0.1) is 17.9 Å². The fraction of sp³-hybridized carbons (Fsp3) is 0.333. The van der Waals surface area contributed by atoms with Gasteiger partial charge in [0.25, 0.3) is 0 Å². The van der Waals surface area contributed by atoms with Crippen LogP contribution in [0.4, 0.5) is 4.39 Å². The van der Waals surface area contributed by atoms with Crippen molar-refractivity contribution < 1.29 is 4.39 Å². The van der Waals surface area contributed by atoms with Crippen molar-refractivity contribution >= 4 is 11.6 Å². The van der Waals surface area contributed by atoms with E-state index in [4.69, 9.17) is 17.3 Å². The summed E-state index contributed by atoms with van der Waals surface area (Å²) in [6, 6.07) is 4.23. The molecule has 0 saturated carbocycles. The van der Waals surface area contributed by atoms with E-state index in [0.29, 0.717) is 16.4 Å². The summed E-state index contributed by atoms with van der Waals surface area (Å²) >= 11 is 5.70. The van der Waals surface area contributed by atoms with Crippen molar-refractivity contribution in [3.63, 3.8) is 0 Å². The van der Waals surface area contributed by atoms with Crippen molar-refractivity contribution in [3.8, 4) is 5.69 Å². The van der Waals surface area contributed by atoms with Gasteiger partial charge in [-0.15, -0.1) is 5.10 Å². The van der Waals surface area contributed by atoms with E-state index in [2.05, 4.69) is 10.3 Å². The van der Waals surface area contributed by atoms with Crippen LogP contribution < -0.4 is 5.73 Å². The molecule has 0 bridgehead atoms. The topological polar surface area (TPSA) is 56.7 Å². The third-order valence-electron chi connectivity index (χ3n) is 2.65. The second-order valence-corrected chi connectivity index (χ2v) is 4.52. The van der Waals surface area contributed by atoms with Gasteiger partial charge in [0, 0.05) is 5.02 Å². The minimum atomic E-state index is -0.442. The van der Waals surface area contributed by atoms with Crippen molar-refractivity contribution in [2.24, 2.45) is 5.73 Å². The summed E-state index contributed by atoms with van der Waals surface area (Å²) in [5, 5.41) is 8.19. The summed E-state index contributed by atoms with van der Waals surface area (Å²) in [5.74, 6) is -0.442. The SMILES string of the molecule is CCCC(N)c1cn(-c2ccc(Cl)cc2F)nn1. The van der Waals surface area contributed by atoms with Gasteiger partial charge in [0.2, 0.25) is 0 Å². The molecule has 0 aliphatic heterocycles. The monoisotopic (exact) mass is 268 g/mol. The van der Waals surface area contributed by atoms with E-state index in [9.17, 15) is 4.39 Å². The molecule has 0 fully saturated rings. The summed E-state index contributed by atoms with van der Waals surface area (Å²) in [7, 11) is 0. The van der Waals surface area contributed by atoms with E-state index < -0.39 is 5.82 Å². The Balaban J connectivity index is 2.29. The molecule has 2 rings (SSSR count). The standard InChI is InChI=1S/C12H14ClFN4/c1-2-3-10(15)11-7-18(17-16-11)12-5-4-8(13)6-9(12)14/h4-7,10H,2-3,15H2,1H3. The van der Waals surface area contributed by atoms with Crippen LogP contribution in [0.2, 0.25) is 5.02 Å². The number of nitrogens with two attached hydrogens (primary N) is 1. The Bertz CT molecular complexity index is 541. The van der Waals surface area contributed by atoms with Crippen LogP contribution in [-0.2, 0) is 0 Å².